The van der Waals surface area contributed by atoms with E-state index in [4.69, 9.17) is 0 Å². The molecule has 2 fully saturated rings. The zero-order chi connectivity index (χ0) is 13.9. The van der Waals surface area contributed by atoms with Crippen LogP contribution in [0.1, 0.15) is 31.2 Å². The molecule has 0 bridgehead atoms. The number of nitrogens with zero attached hydrogens (tertiary/aromatic N) is 2. The molecule has 1 unspecified atom stereocenters. The van der Waals surface area contributed by atoms with Crippen molar-refractivity contribution >= 4 is 11.8 Å². The first-order valence-electron chi connectivity index (χ1n) is 7.20. The molecule has 2 amide bonds. The van der Waals surface area contributed by atoms with E-state index in [1.54, 1.807) is 6.20 Å². The van der Waals surface area contributed by atoms with E-state index < -0.39 is 0 Å². The normalized spacial score (nSPS) is 22.2. The van der Waals surface area contributed by atoms with Crippen molar-refractivity contribution in [2.75, 3.05) is 6.54 Å². The lowest BCUT2D eigenvalue weighted by atomic mass is 9.97. The Kier molecular flexibility index (Phi) is 3.67. The fraction of sp³-hybridized carbons (Fsp3) is 0.533. The van der Waals surface area contributed by atoms with Crippen LogP contribution in [0.25, 0.3) is 0 Å². The topological polar surface area (TPSA) is 62.3 Å². The van der Waals surface area contributed by atoms with Gasteiger partial charge in [0.15, 0.2) is 0 Å². The van der Waals surface area contributed by atoms with Crippen LogP contribution in [0.4, 0.5) is 0 Å². The van der Waals surface area contributed by atoms with E-state index in [0.717, 1.165) is 18.4 Å². The highest BCUT2D eigenvalue weighted by Crippen LogP contribution is 2.30. The molecular formula is C15H19N3O2. The number of rotatable bonds is 4. The number of aromatic nitrogens is 1. The summed E-state index contributed by atoms with van der Waals surface area (Å²) < 4.78 is 0. The lowest BCUT2D eigenvalue weighted by Gasteiger charge is -2.29. The van der Waals surface area contributed by atoms with Gasteiger partial charge in [-0.05, 0) is 30.9 Å². The van der Waals surface area contributed by atoms with E-state index >= 15 is 0 Å². The minimum absolute atomic E-state index is 0.0549. The van der Waals surface area contributed by atoms with Crippen LogP contribution in [0, 0.1) is 5.92 Å². The molecule has 1 N–H and O–H groups in total. The van der Waals surface area contributed by atoms with Crippen molar-refractivity contribution in [3.05, 3.63) is 30.1 Å². The Labute approximate surface area is 118 Å². The molecule has 0 radical (unpaired) electrons. The predicted octanol–water partition coefficient (Wildman–Crippen LogP) is 1.10. The van der Waals surface area contributed by atoms with Gasteiger partial charge in [0.2, 0.25) is 11.8 Å². The number of piperidine rings is 1. The Morgan fingerprint density at radius 1 is 1.40 bits per heavy atom. The van der Waals surface area contributed by atoms with Gasteiger partial charge in [0.1, 0.15) is 0 Å². The Morgan fingerprint density at radius 2 is 2.25 bits per heavy atom. The fourth-order valence-corrected chi connectivity index (χ4v) is 2.64. The van der Waals surface area contributed by atoms with Gasteiger partial charge in [-0.15, -0.1) is 0 Å². The van der Waals surface area contributed by atoms with Gasteiger partial charge in [-0.3, -0.25) is 14.6 Å². The average Bonchev–Trinajstić information content (AvgIpc) is 3.30. The molecule has 1 aromatic heterocycles. The SMILES string of the molecule is O=C1CCC(C(=O)N(Cc2cccnc2)C2CC2)CN1. The smallest absolute Gasteiger partial charge is 0.228 e. The van der Waals surface area contributed by atoms with Crippen LogP contribution in [0.15, 0.2) is 24.5 Å². The van der Waals surface area contributed by atoms with Gasteiger partial charge in [0.25, 0.3) is 0 Å². The summed E-state index contributed by atoms with van der Waals surface area (Å²) in [5, 5.41) is 2.79. The summed E-state index contributed by atoms with van der Waals surface area (Å²) >= 11 is 0. The van der Waals surface area contributed by atoms with Gasteiger partial charge in [0.05, 0.1) is 5.92 Å². The van der Waals surface area contributed by atoms with Crippen LogP contribution in [0.3, 0.4) is 0 Å². The number of carbonyl (C=O) groups is 2. The molecule has 2 heterocycles. The second-order valence-electron chi connectivity index (χ2n) is 5.60. The van der Waals surface area contributed by atoms with E-state index in [1.165, 1.54) is 0 Å². The van der Waals surface area contributed by atoms with Gasteiger partial charge in [-0.1, -0.05) is 6.07 Å². The lowest BCUT2D eigenvalue weighted by Crippen LogP contribution is -2.45. The molecule has 2 aliphatic rings. The number of hydrogen-bond acceptors (Lipinski definition) is 3. The molecule has 5 heteroatoms. The standard InChI is InChI=1S/C15H19N3O2/c19-14-6-3-12(9-17-14)15(20)18(13-4-5-13)10-11-2-1-7-16-8-11/h1-2,7-8,12-13H,3-6,9-10H2,(H,17,19). The minimum atomic E-state index is -0.0648. The van der Waals surface area contributed by atoms with Crippen LogP contribution < -0.4 is 5.32 Å². The highest BCUT2D eigenvalue weighted by atomic mass is 16.2. The number of carbonyl (C=O) groups excluding carboxylic acids is 2. The van der Waals surface area contributed by atoms with Crippen molar-refractivity contribution in [2.24, 2.45) is 5.92 Å². The highest BCUT2D eigenvalue weighted by molar-refractivity contribution is 5.84. The molecule has 1 saturated heterocycles. The van der Waals surface area contributed by atoms with Gasteiger partial charge >= 0.3 is 0 Å². The minimum Gasteiger partial charge on any atom is -0.355 e. The lowest BCUT2D eigenvalue weighted by molar-refractivity contribution is -0.138. The summed E-state index contributed by atoms with van der Waals surface area (Å²) in [5.74, 6) is 0.167. The van der Waals surface area contributed by atoms with Gasteiger partial charge in [-0.2, -0.15) is 0 Å². The van der Waals surface area contributed by atoms with E-state index in [2.05, 4.69) is 10.3 Å². The van der Waals surface area contributed by atoms with E-state index in [1.807, 2.05) is 23.2 Å². The molecule has 0 aromatic carbocycles. The van der Waals surface area contributed by atoms with Crippen molar-refractivity contribution < 1.29 is 9.59 Å². The molecule has 1 atom stereocenters. The third kappa shape index (κ3) is 2.98. The van der Waals surface area contributed by atoms with Crippen LogP contribution in [-0.2, 0) is 16.1 Å². The van der Waals surface area contributed by atoms with E-state index in [-0.39, 0.29) is 17.7 Å². The maximum Gasteiger partial charge on any atom is 0.228 e. The largest absolute Gasteiger partial charge is 0.355 e. The predicted molar refractivity (Wildman–Crippen MR) is 73.5 cm³/mol. The Balaban J connectivity index is 1.67. The quantitative estimate of drug-likeness (QED) is 0.893. The summed E-state index contributed by atoms with van der Waals surface area (Å²) in [6, 6.07) is 4.27. The summed E-state index contributed by atoms with van der Waals surface area (Å²) in [6.45, 7) is 1.11. The number of pyridine rings is 1. The van der Waals surface area contributed by atoms with Gasteiger partial charge in [0, 0.05) is 37.9 Å². The number of nitrogens with one attached hydrogen (secondary N) is 1. The first-order chi connectivity index (χ1) is 9.74. The maximum absolute atomic E-state index is 12.6. The second kappa shape index (κ2) is 5.61. The van der Waals surface area contributed by atoms with E-state index in [0.29, 0.717) is 32.0 Å². The first kappa shape index (κ1) is 13.1. The molecule has 106 valence electrons. The summed E-state index contributed by atoms with van der Waals surface area (Å²) in [5.41, 5.74) is 1.06. The average molecular weight is 273 g/mol. The molecule has 5 nitrogen and oxygen atoms in total. The molecule has 1 aliphatic heterocycles. The van der Waals surface area contributed by atoms with Crippen molar-refractivity contribution in [3.63, 3.8) is 0 Å². The van der Waals surface area contributed by atoms with Crippen LogP contribution in [-0.4, -0.2) is 34.3 Å². The Bertz CT molecular complexity index is 489. The molecular weight excluding hydrogens is 254 g/mol. The first-order valence-corrected chi connectivity index (χ1v) is 7.20. The number of amides is 2. The molecule has 20 heavy (non-hydrogen) atoms. The van der Waals surface area contributed by atoms with Crippen molar-refractivity contribution in [3.8, 4) is 0 Å². The third-order valence-electron chi connectivity index (χ3n) is 3.96. The summed E-state index contributed by atoms with van der Waals surface area (Å²) in [7, 11) is 0. The Morgan fingerprint density at radius 3 is 2.85 bits per heavy atom. The van der Waals surface area contributed by atoms with E-state index in [9.17, 15) is 9.59 Å². The molecule has 0 spiro atoms. The Hall–Kier alpha value is -1.91. The van der Waals surface area contributed by atoms with Crippen molar-refractivity contribution in [1.29, 1.82) is 0 Å². The monoisotopic (exact) mass is 273 g/mol. The second-order valence-corrected chi connectivity index (χ2v) is 5.60. The van der Waals surface area contributed by atoms with Gasteiger partial charge < -0.3 is 10.2 Å². The van der Waals surface area contributed by atoms with Crippen molar-refractivity contribution in [2.45, 2.75) is 38.3 Å². The van der Waals surface area contributed by atoms with Crippen LogP contribution in [0.2, 0.25) is 0 Å². The van der Waals surface area contributed by atoms with Crippen LogP contribution >= 0.6 is 0 Å². The number of hydrogen-bond donors (Lipinski definition) is 1. The highest BCUT2D eigenvalue weighted by Gasteiger charge is 2.36. The molecule has 1 aromatic rings. The zero-order valence-electron chi connectivity index (χ0n) is 11.4. The maximum atomic E-state index is 12.6. The van der Waals surface area contributed by atoms with Crippen molar-refractivity contribution in [1.82, 2.24) is 15.2 Å². The fourth-order valence-electron chi connectivity index (χ4n) is 2.64. The van der Waals surface area contributed by atoms with Crippen LogP contribution in [0.5, 0.6) is 0 Å². The zero-order valence-corrected chi connectivity index (χ0v) is 11.4. The van der Waals surface area contributed by atoms with Gasteiger partial charge in [-0.25, -0.2) is 0 Å². The summed E-state index contributed by atoms with van der Waals surface area (Å²) in [6.07, 6.45) is 6.85. The summed E-state index contributed by atoms with van der Waals surface area (Å²) in [4.78, 5) is 29.9. The molecule has 1 saturated carbocycles. The third-order valence-corrected chi connectivity index (χ3v) is 3.96. The molecule has 3 rings (SSSR count). The molecule has 1 aliphatic carbocycles.